The normalized spacial score (nSPS) is 15.4. The predicted molar refractivity (Wildman–Crippen MR) is 96.8 cm³/mol. The summed E-state index contributed by atoms with van der Waals surface area (Å²) in [4.78, 5) is 22.8. The summed E-state index contributed by atoms with van der Waals surface area (Å²) >= 11 is 0. The number of anilines is 1. The average molecular weight is 340 g/mol. The molecule has 0 spiro atoms. The maximum Gasteiger partial charge on any atom is 0.238 e. The molecule has 3 rings (SSSR count). The molecule has 6 heteroatoms. The minimum Gasteiger partial charge on any atom is -0.437 e. The van der Waals surface area contributed by atoms with Gasteiger partial charge in [0.2, 0.25) is 11.8 Å². The van der Waals surface area contributed by atoms with E-state index in [1.54, 1.807) is 24.5 Å². The first kappa shape index (κ1) is 17.4. The molecule has 6 nitrogen and oxygen atoms in total. The van der Waals surface area contributed by atoms with Crippen molar-refractivity contribution in [3.63, 3.8) is 0 Å². The zero-order chi connectivity index (χ0) is 17.5. The first-order valence-corrected chi connectivity index (χ1v) is 8.78. The van der Waals surface area contributed by atoms with Crippen LogP contribution >= 0.6 is 0 Å². The van der Waals surface area contributed by atoms with Crippen LogP contribution in [0.25, 0.3) is 0 Å². The van der Waals surface area contributed by atoms with Gasteiger partial charge in [0.1, 0.15) is 0 Å². The van der Waals surface area contributed by atoms with Gasteiger partial charge in [0.15, 0.2) is 5.75 Å². The van der Waals surface area contributed by atoms with Gasteiger partial charge < -0.3 is 10.1 Å². The molecule has 2 aromatic rings. The van der Waals surface area contributed by atoms with Crippen molar-refractivity contribution in [1.82, 2.24) is 14.9 Å². The Balaban J connectivity index is 1.53. The zero-order valence-electron chi connectivity index (χ0n) is 14.6. The van der Waals surface area contributed by atoms with Crippen molar-refractivity contribution < 1.29 is 9.53 Å². The zero-order valence-corrected chi connectivity index (χ0v) is 14.6. The van der Waals surface area contributed by atoms with Crippen LogP contribution in [0.15, 0.2) is 36.7 Å². The van der Waals surface area contributed by atoms with Crippen LogP contribution in [0.1, 0.15) is 31.4 Å². The second-order valence-corrected chi connectivity index (χ2v) is 6.31. The van der Waals surface area contributed by atoms with Crippen molar-refractivity contribution in [2.24, 2.45) is 0 Å². The van der Waals surface area contributed by atoms with Crippen molar-refractivity contribution in [3.05, 3.63) is 42.4 Å². The van der Waals surface area contributed by atoms with Crippen LogP contribution < -0.4 is 10.1 Å². The maximum atomic E-state index is 12.2. The lowest BCUT2D eigenvalue weighted by atomic mass is 10.2. The smallest absolute Gasteiger partial charge is 0.238 e. The molecule has 1 aliphatic heterocycles. The highest BCUT2D eigenvalue weighted by molar-refractivity contribution is 5.92. The molecule has 3 heterocycles. The lowest BCUT2D eigenvalue weighted by molar-refractivity contribution is -0.117. The molecule has 1 N–H and O–H groups in total. The Morgan fingerprint density at radius 2 is 1.96 bits per heavy atom. The van der Waals surface area contributed by atoms with Gasteiger partial charge in [-0.15, -0.1) is 0 Å². The fraction of sp³-hybridized carbons (Fsp3) is 0.421. The minimum absolute atomic E-state index is 0.000437. The number of likely N-dealkylation sites (tertiary alicyclic amines) is 1. The Hall–Kier alpha value is -2.47. The largest absolute Gasteiger partial charge is 0.437 e. The Morgan fingerprint density at radius 3 is 2.64 bits per heavy atom. The van der Waals surface area contributed by atoms with Crippen LogP contribution in [-0.4, -0.2) is 40.4 Å². The minimum atomic E-state index is 0.000437. The summed E-state index contributed by atoms with van der Waals surface area (Å²) < 4.78 is 5.71. The second kappa shape index (κ2) is 8.58. The number of ether oxygens (including phenoxy) is 1. The van der Waals surface area contributed by atoms with Gasteiger partial charge in [0, 0.05) is 12.3 Å². The van der Waals surface area contributed by atoms with E-state index in [1.165, 1.54) is 25.7 Å². The molecule has 1 saturated heterocycles. The second-order valence-electron chi connectivity index (χ2n) is 6.31. The van der Waals surface area contributed by atoms with E-state index in [9.17, 15) is 4.79 Å². The van der Waals surface area contributed by atoms with E-state index in [0.717, 1.165) is 18.8 Å². The number of nitrogens with one attached hydrogen (secondary N) is 1. The lowest BCUT2D eigenvalue weighted by Gasteiger charge is -2.18. The topological polar surface area (TPSA) is 67.3 Å². The number of nitrogens with zero attached hydrogens (tertiary/aromatic N) is 3. The van der Waals surface area contributed by atoms with Crippen LogP contribution in [0.4, 0.5) is 5.69 Å². The molecule has 0 atom stereocenters. The number of aryl methyl sites for hydroxylation is 1. The standard InChI is InChI=1S/C19H24N4O2/c1-15-17(7-6-10-20-15)25-19-9-8-16(13-21-19)22-18(24)14-23-11-4-2-3-5-12-23/h6-10,13H,2-5,11-12,14H2,1H3,(H,22,24). The first-order chi connectivity index (χ1) is 12.2. The Bertz CT molecular complexity index is 695. The quantitative estimate of drug-likeness (QED) is 0.903. The van der Waals surface area contributed by atoms with Crippen molar-refractivity contribution in [2.45, 2.75) is 32.6 Å². The molecule has 0 bridgehead atoms. The van der Waals surface area contributed by atoms with Crippen molar-refractivity contribution in [2.75, 3.05) is 25.0 Å². The van der Waals surface area contributed by atoms with Crippen LogP contribution in [0.3, 0.4) is 0 Å². The van der Waals surface area contributed by atoms with Crippen molar-refractivity contribution in [1.29, 1.82) is 0 Å². The third-order valence-corrected chi connectivity index (χ3v) is 4.26. The molecule has 1 aliphatic rings. The lowest BCUT2D eigenvalue weighted by Crippen LogP contribution is -2.33. The summed E-state index contributed by atoms with van der Waals surface area (Å²) in [5.74, 6) is 1.15. The molecule has 1 fully saturated rings. The van der Waals surface area contributed by atoms with E-state index in [0.29, 0.717) is 23.9 Å². The summed E-state index contributed by atoms with van der Waals surface area (Å²) in [5.41, 5.74) is 1.48. The summed E-state index contributed by atoms with van der Waals surface area (Å²) in [6, 6.07) is 7.21. The van der Waals surface area contributed by atoms with Gasteiger partial charge in [-0.1, -0.05) is 12.8 Å². The van der Waals surface area contributed by atoms with Gasteiger partial charge in [0.25, 0.3) is 0 Å². The molecule has 0 radical (unpaired) electrons. The molecule has 25 heavy (non-hydrogen) atoms. The fourth-order valence-electron chi connectivity index (χ4n) is 2.90. The van der Waals surface area contributed by atoms with E-state index < -0.39 is 0 Å². The SMILES string of the molecule is Cc1ncccc1Oc1ccc(NC(=O)CN2CCCCCC2)cn1. The first-order valence-electron chi connectivity index (χ1n) is 8.78. The number of hydrogen-bond donors (Lipinski definition) is 1. The Kier molecular flexibility index (Phi) is 5.95. The van der Waals surface area contributed by atoms with E-state index >= 15 is 0 Å². The van der Waals surface area contributed by atoms with Gasteiger partial charge in [-0.3, -0.25) is 14.7 Å². The highest BCUT2D eigenvalue weighted by Crippen LogP contribution is 2.22. The molecule has 0 aliphatic carbocycles. The molecule has 0 aromatic carbocycles. The van der Waals surface area contributed by atoms with Crippen molar-refractivity contribution in [3.8, 4) is 11.6 Å². The molecule has 0 saturated carbocycles. The summed E-state index contributed by atoms with van der Waals surface area (Å²) in [6.07, 6.45) is 8.21. The number of carbonyl (C=O) groups excluding carboxylic acids is 1. The van der Waals surface area contributed by atoms with Crippen LogP contribution in [0, 0.1) is 6.92 Å². The molecule has 2 aromatic heterocycles. The molecular weight excluding hydrogens is 316 g/mol. The van der Waals surface area contributed by atoms with E-state index in [1.807, 2.05) is 19.1 Å². The highest BCUT2D eigenvalue weighted by Gasteiger charge is 2.13. The molecular formula is C19H24N4O2. The summed E-state index contributed by atoms with van der Waals surface area (Å²) in [6.45, 7) is 4.33. The van der Waals surface area contributed by atoms with Crippen molar-refractivity contribution >= 4 is 11.6 Å². The van der Waals surface area contributed by atoms with Gasteiger partial charge >= 0.3 is 0 Å². The summed E-state index contributed by atoms with van der Waals surface area (Å²) in [7, 11) is 0. The van der Waals surface area contributed by atoms with Crippen LogP contribution in [0.2, 0.25) is 0 Å². The number of pyridine rings is 2. The predicted octanol–water partition coefficient (Wildman–Crippen LogP) is 3.39. The van der Waals surface area contributed by atoms with E-state index in [-0.39, 0.29) is 5.91 Å². The van der Waals surface area contributed by atoms with Gasteiger partial charge in [-0.25, -0.2) is 4.98 Å². The third-order valence-electron chi connectivity index (χ3n) is 4.26. The summed E-state index contributed by atoms with van der Waals surface area (Å²) in [5, 5.41) is 2.90. The molecule has 132 valence electrons. The Labute approximate surface area is 148 Å². The number of carbonyl (C=O) groups is 1. The number of aromatic nitrogens is 2. The third kappa shape index (κ3) is 5.26. The van der Waals surface area contributed by atoms with Gasteiger partial charge in [0.05, 0.1) is 24.1 Å². The van der Waals surface area contributed by atoms with E-state index in [4.69, 9.17) is 4.74 Å². The highest BCUT2D eigenvalue weighted by atomic mass is 16.5. The van der Waals surface area contributed by atoms with E-state index in [2.05, 4.69) is 20.2 Å². The molecule has 0 unspecified atom stereocenters. The maximum absolute atomic E-state index is 12.2. The fourth-order valence-corrected chi connectivity index (χ4v) is 2.90. The average Bonchev–Trinajstić information content (AvgIpc) is 2.87. The molecule has 1 amide bonds. The Morgan fingerprint density at radius 1 is 1.16 bits per heavy atom. The number of rotatable bonds is 5. The van der Waals surface area contributed by atoms with Gasteiger partial charge in [-0.2, -0.15) is 0 Å². The number of amides is 1. The van der Waals surface area contributed by atoms with Crippen LogP contribution in [-0.2, 0) is 4.79 Å². The van der Waals surface area contributed by atoms with Crippen LogP contribution in [0.5, 0.6) is 11.6 Å². The monoisotopic (exact) mass is 340 g/mol. The van der Waals surface area contributed by atoms with Gasteiger partial charge in [-0.05, 0) is 51.1 Å². The number of hydrogen-bond acceptors (Lipinski definition) is 5.